The zero-order valence-electron chi connectivity index (χ0n) is 13.4. The predicted molar refractivity (Wildman–Crippen MR) is 87.2 cm³/mol. The van der Waals surface area contributed by atoms with Crippen molar-refractivity contribution in [3.63, 3.8) is 0 Å². The van der Waals surface area contributed by atoms with E-state index in [0.29, 0.717) is 17.0 Å². The first-order valence-electron chi connectivity index (χ1n) is 6.95. The molecule has 122 valence electrons. The van der Waals surface area contributed by atoms with Crippen molar-refractivity contribution in [1.82, 2.24) is 15.2 Å². The topological polar surface area (TPSA) is 112 Å². The number of ether oxygens (including phenoxy) is 1. The molecule has 8 nitrogen and oxygen atoms in total. The molecule has 0 fully saturated rings. The lowest BCUT2D eigenvalue weighted by Gasteiger charge is -2.15. The van der Waals surface area contributed by atoms with Gasteiger partial charge < -0.3 is 9.84 Å². The van der Waals surface area contributed by atoms with Gasteiger partial charge in [0.05, 0.1) is 13.3 Å². The molecule has 0 saturated heterocycles. The molecule has 0 aliphatic rings. The number of anilines is 1. The molecule has 3 N–H and O–H groups in total. The van der Waals surface area contributed by atoms with Crippen LogP contribution in [0, 0.1) is 0 Å². The molecule has 2 rings (SSSR count). The van der Waals surface area contributed by atoms with E-state index in [4.69, 9.17) is 4.74 Å². The largest absolute Gasteiger partial charge is 0.504 e. The van der Waals surface area contributed by atoms with Gasteiger partial charge in [-0.25, -0.2) is 5.43 Å². The normalized spacial score (nSPS) is 11.7. The lowest BCUT2D eigenvalue weighted by molar-refractivity contribution is 0.373. The molecular formula is C15H19N5O3. The number of nitrogens with one attached hydrogen (secondary N) is 2. The molecule has 0 bridgehead atoms. The minimum absolute atomic E-state index is 0.0248. The van der Waals surface area contributed by atoms with Crippen LogP contribution in [0.4, 0.5) is 5.95 Å². The molecule has 1 heterocycles. The average Bonchev–Trinajstić information content (AvgIpc) is 2.48. The molecule has 0 unspecified atom stereocenters. The second-order valence-electron chi connectivity index (χ2n) is 5.87. The van der Waals surface area contributed by atoms with Crippen LogP contribution in [-0.4, -0.2) is 33.6 Å². The molecule has 2 aromatic rings. The predicted octanol–water partition coefficient (Wildman–Crippen LogP) is 1.62. The Morgan fingerprint density at radius 2 is 2.09 bits per heavy atom. The van der Waals surface area contributed by atoms with Crippen molar-refractivity contribution in [2.24, 2.45) is 5.10 Å². The van der Waals surface area contributed by atoms with Crippen LogP contribution in [0.5, 0.6) is 11.5 Å². The lowest BCUT2D eigenvalue weighted by atomic mass is 9.93. The van der Waals surface area contributed by atoms with E-state index < -0.39 is 5.41 Å². The van der Waals surface area contributed by atoms with Crippen LogP contribution in [0.15, 0.2) is 28.1 Å². The van der Waals surface area contributed by atoms with Gasteiger partial charge in [-0.15, -0.1) is 10.2 Å². The summed E-state index contributed by atoms with van der Waals surface area (Å²) >= 11 is 0. The van der Waals surface area contributed by atoms with Crippen LogP contribution in [0.1, 0.15) is 32.0 Å². The summed E-state index contributed by atoms with van der Waals surface area (Å²) in [5.41, 5.74) is 2.65. The number of methoxy groups -OCH3 is 1. The van der Waals surface area contributed by atoms with Crippen LogP contribution < -0.4 is 15.7 Å². The fraction of sp³-hybridized carbons (Fsp3) is 0.333. The Bertz CT molecular complexity index is 777. The third-order valence-electron chi connectivity index (χ3n) is 3.03. The van der Waals surface area contributed by atoms with Gasteiger partial charge in [0.2, 0.25) is 5.95 Å². The number of phenolic OH excluding ortho intramolecular Hbond substituents is 1. The van der Waals surface area contributed by atoms with Crippen molar-refractivity contribution >= 4 is 12.2 Å². The zero-order chi connectivity index (χ0) is 17.0. The average molecular weight is 317 g/mol. The number of para-hydroxylation sites is 1. The highest BCUT2D eigenvalue weighted by Gasteiger charge is 2.20. The van der Waals surface area contributed by atoms with Crippen LogP contribution in [0.2, 0.25) is 0 Å². The van der Waals surface area contributed by atoms with Gasteiger partial charge in [-0.05, 0) is 12.1 Å². The first-order valence-corrected chi connectivity index (χ1v) is 6.95. The van der Waals surface area contributed by atoms with Crippen molar-refractivity contribution in [2.75, 3.05) is 12.5 Å². The van der Waals surface area contributed by atoms with E-state index in [1.807, 2.05) is 20.8 Å². The first kappa shape index (κ1) is 16.5. The fourth-order valence-corrected chi connectivity index (χ4v) is 1.85. The van der Waals surface area contributed by atoms with Crippen molar-refractivity contribution in [3.05, 3.63) is 39.8 Å². The summed E-state index contributed by atoms with van der Waals surface area (Å²) < 4.78 is 5.01. The Balaban J connectivity index is 2.16. The maximum atomic E-state index is 12.0. The van der Waals surface area contributed by atoms with Gasteiger partial charge in [-0.1, -0.05) is 26.8 Å². The maximum absolute atomic E-state index is 12.0. The van der Waals surface area contributed by atoms with Gasteiger partial charge in [0.1, 0.15) is 5.69 Å². The van der Waals surface area contributed by atoms with E-state index in [0.717, 1.165) is 0 Å². The van der Waals surface area contributed by atoms with Crippen LogP contribution in [0.3, 0.4) is 0 Å². The number of nitrogens with zero attached hydrogens (tertiary/aromatic N) is 3. The van der Waals surface area contributed by atoms with E-state index in [2.05, 4.69) is 25.7 Å². The minimum Gasteiger partial charge on any atom is -0.504 e. The molecule has 0 atom stereocenters. The van der Waals surface area contributed by atoms with Gasteiger partial charge in [0.15, 0.2) is 11.5 Å². The van der Waals surface area contributed by atoms with Gasteiger partial charge in [0.25, 0.3) is 5.56 Å². The van der Waals surface area contributed by atoms with E-state index in [9.17, 15) is 9.90 Å². The molecule has 0 spiro atoms. The number of benzene rings is 1. The molecular weight excluding hydrogens is 298 g/mol. The Morgan fingerprint density at radius 1 is 1.35 bits per heavy atom. The highest BCUT2D eigenvalue weighted by Crippen LogP contribution is 2.27. The van der Waals surface area contributed by atoms with Crippen LogP contribution in [0.25, 0.3) is 0 Å². The molecule has 8 heteroatoms. The van der Waals surface area contributed by atoms with Crippen LogP contribution >= 0.6 is 0 Å². The second kappa shape index (κ2) is 6.47. The van der Waals surface area contributed by atoms with Crippen LogP contribution in [-0.2, 0) is 5.41 Å². The zero-order valence-corrected chi connectivity index (χ0v) is 13.4. The molecule has 0 saturated carbocycles. The summed E-state index contributed by atoms with van der Waals surface area (Å²) in [5.74, 6) is 0.432. The Labute approximate surface area is 133 Å². The summed E-state index contributed by atoms with van der Waals surface area (Å²) in [7, 11) is 1.46. The minimum atomic E-state index is -0.394. The Morgan fingerprint density at radius 3 is 2.70 bits per heavy atom. The van der Waals surface area contributed by atoms with Crippen molar-refractivity contribution in [2.45, 2.75) is 26.2 Å². The number of hydrogen-bond donors (Lipinski definition) is 3. The Kier molecular flexibility index (Phi) is 4.63. The molecule has 0 radical (unpaired) electrons. The second-order valence-corrected chi connectivity index (χ2v) is 5.87. The van der Waals surface area contributed by atoms with E-state index in [1.54, 1.807) is 18.2 Å². The van der Waals surface area contributed by atoms with Gasteiger partial charge >= 0.3 is 0 Å². The van der Waals surface area contributed by atoms with E-state index in [1.165, 1.54) is 13.3 Å². The first-order chi connectivity index (χ1) is 10.8. The standard InChI is InChI=1S/C15H19N5O3/c1-15(2,3)12-13(22)17-14(20-18-12)19-16-8-9-6-5-7-10(23-4)11(9)21/h5-8,21H,1-4H3,(H2,17,19,20,22)/b16-8+. The molecule has 0 aliphatic carbocycles. The number of rotatable bonds is 4. The number of aromatic amines is 1. The number of aromatic hydroxyl groups is 1. The number of aromatic nitrogens is 3. The van der Waals surface area contributed by atoms with Crippen molar-refractivity contribution in [3.8, 4) is 11.5 Å². The molecule has 0 aliphatic heterocycles. The fourth-order valence-electron chi connectivity index (χ4n) is 1.85. The number of phenols is 1. The summed E-state index contributed by atoms with van der Waals surface area (Å²) in [6.07, 6.45) is 1.38. The van der Waals surface area contributed by atoms with Crippen molar-refractivity contribution < 1.29 is 9.84 Å². The van der Waals surface area contributed by atoms with Crippen molar-refractivity contribution in [1.29, 1.82) is 0 Å². The molecule has 1 aromatic carbocycles. The third-order valence-corrected chi connectivity index (χ3v) is 3.03. The third kappa shape index (κ3) is 3.85. The number of H-pyrrole nitrogens is 1. The molecule has 23 heavy (non-hydrogen) atoms. The quantitative estimate of drug-likeness (QED) is 0.583. The van der Waals surface area contributed by atoms with Gasteiger partial charge in [0, 0.05) is 11.0 Å². The summed E-state index contributed by atoms with van der Waals surface area (Å²) in [5, 5.41) is 21.6. The lowest BCUT2D eigenvalue weighted by Crippen LogP contribution is -2.28. The highest BCUT2D eigenvalue weighted by atomic mass is 16.5. The maximum Gasteiger partial charge on any atom is 0.274 e. The van der Waals surface area contributed by atoms with E-state index in [-0.39, 0.29) is 17.3 Å². The molecule has 1 aromatic heterocycles. The summed E-state index contributed by atoms with van der Waals surface area (Å²) in [6, 6.07) is 5.02. The van der Waals surface area contributed by atoms with Gasteiger partial charge in [-0.3, -0.25) is 9.78 Å². The Hall–Kier alpha value is -2.90. The summed E-state index contributed by atoms with van der Waals surface area (Å²) in [4.78, 5) is 14.5. The number of hydrogen-bond acceptors (Lipinski definition) is 7. The highest BCUT2D eigenvalue weighted by molar-refractivity contribution is 5.85. The monoisotopic (exact) mass is 317 g/mol. The summed E-state index contributed by atoms with van der Waals surface area (Å²) in [6.45, 7) is 5.63. The van der Waals surface area contributed by atoms with Gasteiger partial charge in [-0.2, -0.15) is 5.10 Å². The number of hydrazone groups is 1. The molecule has 0 amide bonds. The SMILES string of the molecule is COc1cccc(/C=N/Nc2nnc(C(C)(C)C)c(=O)[nH]2)c1O. The smallest absolute Gasteiger partial charge is 0.274 e. The van der Waals surface area contributed by atoms with E-state index >= 15 is 0 Å².